The molecule has 1 atom stereocenters. The van der Waals surface area contributed by atoms with Crippen molar-refractivity contribution < 1.29 is 4.74 Å². The van der Waals surface area contributed by atoms with Gasteiger partial charge in [0, 0.05) is 25.2 Å². The fourth-order valence-corrected chi connectivity index (χ4v) is 3.29. The van der Waals surface area contributed by atoms with E-state index < -0.39 is 0 Å². The van der Waals surface area contributed by atoms with Crippen LogP contribution in [-0.4, -0.2) is 50.3 Å². The number of hydrogen-bond acceptors (Lipinski definition) is 3. The zero-order valence-corrected chi connectivity index (χ0v) is 11.5. The molecule has 1 aliphatic heterocycles. The summed E-state index contributed by atoms with van der Waals surface area (Å²) in [6, 6.07) is 1.59. The minimum Gasteiger partial charge on any atom is -0.381 e. The van der Waals surface area contributed by atoms with Gasteiger partial charge in [-0.25, -0.2) is 0 Å². The molecule has 0 bridgehead atoms. The molecular formula is C14H28N2O. The van der Waals surface area contributed by atoms with Gasteiger partial charge in [0.1, 0.15) is 0 Å². The maximum atomic E-state index is 5.46. The zero-order chi connectivity index (χ0) is 12.1. The van der Waals surface area contributed by atoms with Crippen molar-refractivity contribution in [2.24, 2.45) is 5.92 Å². The van der Waals surface area contributed by atoms with Gasteiger partial charge >= 0.3 is 0 Å². The summed E-state index contributed by atoms with van der Waals surface area (Å²) >= 11 is 0. The Morgan fingerprint density at radius 3 is 2.53 bits per heavy atom. The summed E-state index contributed by atoms with van der Waals surface area (Å²) in [4.78, 5) is 2.58. The van der Waals surface area contributed by atoms with Gasteiger partial charge in [-0.05, 0) is 51.6 Å². The third-order valence-electron chi connectivity index (χ3n) is 4.38. The van der Waals surface area contributed by atoms with E-state index in [1.165, 1.54) is 38.6 Å². The van der Waals surface area contributed by atoms with Crippen LogP contribution in [0.3, 0.4) is 0 Å². The van der Waals surface area contributed by atoms with Gasteiger partial charge in [-0.15, -0.1) is 0 Å². The fraction of sp³-hybridized carbons (Fsp3) is 1.00. The Bertz CT molecular complexity index is 208. The van der Waals surface area contributed by atoms with E-state index in [1.807, 2.05) is 0 Å². The third kappa shape index (κ3) is 3.94. The van der Waals surface area contributed by atoms with Crippen molar-refractivity contribution >= 4 is 0 Å². The number of rotatable bonds is 5. The molecule has 2 aliphatic rings. The first-order valence-electron chi connectivity index (χ1n) is 7.31. The Hall–Kier alpha value is -0.120. The zero-order valence-electron chi connectivity index (χ0n) is 11.5. The van der Waals surface area contributed by atoms with Crippen molar-refractivity contribution in [3.63, 3.8) is 0 Å². The average molecular weight is 240 g/mol. The topological polar surface area (TPSA) is 24.5 Å². The molecule has 17 heavy (non-hydrogen) atoms. The monoisotopic (exact) mass is 240 g/mol. The summed E-state index contributed by atoms with van der Waals surface area (Å²) < 4.78 is 5.46. The number of nitrogens with one attached hydrogen (secondary N) is 1. The Balaban J connectivity index is 1.68. The van der Waals surface area contributed by atoms with Crippen LogP contribution in [0, 0.1) is 5.92 Å². The van der Waals surface area contributed by atoms with Gasteiger partial charge in [-0.1, -0.05) is 6.92 Å². The second-order valence-electron chi connectivity index (χ2n) is 5.73. The lowest BCUT2D eigenvalue weighted by atomic mass is 9.90. The summed E-state index contributed by atoms with van der Waals surface area (Å²) in [6.45, 7) is 6.52. The molecule has 0 aromatic carbocycles. The molecule has 0 spiro atoms. The minimum absolute atomic E-state index is 0.777. The van der Waals surface area contributed by atoms with Crippen LogP contribution in [0.25, 0.3) is 0 Å². The van der Waals surface area contributed by atoms with E-state index in [2.05, 4.69) is 24.2 Å². The van der Waals surface area contributed by atoms with Crippen LogP contribution in [0.4, 0.5) is 0 Å². The van der Waals surface area contributed by atoms with E-state index in [0.717, 1.165) is 37.8 Å². The van der Waals surface area contributed by atoms with Crippen LogP contribution in [0.1, 0.15) is 39.0 Å². The van der Waals surface area contributed by atoms with E-state index in [9.17, 15) is 0 Å². The number of ether oxygens (including phenoxy) is 1. The number of hydrogen-bond donors (Lipinski definition) is 1. The van der Waals surface area contributed by atoms with E-state index in [4.69, 9.17) is 4.74 Å². The van der Waals surface area contributed by atoms with Crippen LogP contribution in [0.2, 0.25) is 0 Å². The molecule has 3 nitrogen and oxygen atoms in total. The maximum absolute atomic E-state index is 5.46. The first-order chi connectivity index (χ1) is 8.29. The standard InChI is InChI=1S/C14H28N2O/c1-3-15-13-4-6-14(7-5-13)16(2)10-12-8-9-17-11-12/h12-15H,3-11H2,1-2H3. The van der Waals surface area contributed by atoms with Crippen molar-refractivity contribution in [2.45, 2.75) is 51.1 Å². The molecule has 1 N–H and O–H groups in total. The van der Waals surface area contributed by atoms with Gasteiger partial charge in [0.25, 0.3) is 0 Å². The Kier molecular flexibility index (Phi) is 5.26. The summed E-state index contributed by atoms with van der Waals surface area (Å²) in [6.07, 6.45) is 6.69. The normalized spacial score (nSPS) is 34.4. The van der Waals surface area contributed by atoms with E-state index >= 15 is 0 Å². The molecular weight excluding hydrogens is 212 g/mol. The second-order valence-corrected chi connectivity index (χ2v) is 5.73. The van der Waals surface area contributed by atoms with E-state index in [-0.39, 0.29) is 0 Å². The predicted molar refractivity (Wildman–Crippen MR) is 71.3 cm³/mol. The molecule has 1 aliphatic carbocycles. The lowest BCUT2D eigenvalue weighted by Crippen LogP contribution is -2.42. The van der Waals surface area contributed by atoms with Crippen LogP contribution in [0.5, 0.6) is 0 Å². The molecule has 2 fully saturated rings. The molecule has 3 heteroatoms. The van der Waals surface area contributed by atoms with Crippen LogP contribution in [0.15, 0.2) is 0 Å². The molecule has 0 aromatic rings. The van der Waals surface area contributed by atoms with Crippen molar-refractivity contribution in [3.05, 3.63) is 0 Å². The van der Waals surface area contributed by atoms with Crippen LogP contribution >= 0.6 is 0 Å². The van der Waals surface area contributed by atoms with Gasteiger partial charge in [0.05, 0.1) is 6.61 Å². The molecule has 1 unspecified atom stereocenters. The molecule has 1 saturated carbocycles. The number of nitrogens with zero attached hydrogens (tertiary/aromatic N) is 1. The highest BCUT2D eigenvalue weighted by atomic mass is 16.5. The highest BCUT2D eigenvalue weighted by Crippen LogP contribution is 2.24. The summed E-state index contributed by atoms with van der Waals surface area (Å²) in [7, 11) is 2.30. The van der Waals surface area contributed by atoms with Crippen molar-refractivity contribution in [1.82, 2.24) is 10.2 Å². The molecule has 0 amide bonds. The first-order valence-corrected chi connectivity index (χ1v) is 7.31. The van der Waals surface area contributed by atoms with Crippen molar-refractivity contribution in [2.75, 3.05) is 33.4 Å². The third-order valence-corrected chi connectivity index (χ3v) is 4.38. The highest BCUT2D eigenvalue weighted by molar-refractivity contribution is 4.82. The fourth-order valence-electron chi connectivity index (χ4n) is 3.29. The van der Waals surface area contributed by atoms with E-state index in [1.54, 1.807) is 0 Å². The van der Waals surface area contributed by atoms with Gasteiger partial charge in [0.15, 0.2) is 0 Å². The minimum atomic E-state index is 0.777. The van der Waals surface area contributed by atoms with Gasteiger partial charge < -0.3 is 15.0 Å². The largest absolute Gasteiger partial charge is 0.381 e. The Labute approximate surface area is 106 Å². The molecule has 0 radical (unpaired) electrons. The predicted octanol–water partition coefficient (Wildman–Crippen LogP) is 1.88. The smallest absolute Gasteiger partial charge is 0.0507 e. The average Bonchev–Trinajstić information content (AvgIpc) is 2.83. The molecule has 1 heterocycles. The van der Waals surface area contributed by atoms with Gasteiger partial charge in [0.2, 0.25) is 0 Å². The molecule has 1 saturated heterocycles. The molecule has 100 valence electrons. The molecule has 2 rings (SSSR count). The first kappa shape index (κ1) is 13.3. The lowest BCUT2D eigenvalue weighted by Gasteiger charge is -2.36. The van der Waals surface area contributed by atoms with Gasteiger partial charge in [-0.2, -0.15) is 0 Å². The van der Waals surface area contributed by atoms with Gasteiger partial charge in [-0.3, -0.25) is 0 Å². The van der Waals surface area contributed by atoms with Crippen molar-refractivity contribution in [3.8, 4) is 0 Å². The summed E-state index contributed by atoms with van der Waals surface area (Å²) in [5, 5.41) is 3.58. The summed E-state index contributed by atoms with van der Waals surface area (Å²) in [5.74, 6) is 0.784. The molecule has 0 aromatic heterocycles. The van der Waals surface area contributed by atoms with E-state index in [0.29, 0.717) is 0 Å². The maximum Gasteiger partial charge on any atom is 0.0507 e. The Morgan fingerprint density at radius 2 is 1.94 bits per heavy atom. The highest BCUT2D eigenvalue weighted by Gasteiger charge is 2.26. The van der Waals surface area contributed by atoms with Crippen molar-refractivity contribution in [1.29, 1.82) is 0 Å². The summed E-state index contributed by atoms with van der Waals surface area (Å²) in [5.41, 5.74) is 0. The lowest BCUT2D eigenvalue weighted by molar-refractivity contribution is 0.137. The second kappa shape index (κ2) is 6.72. The SMILES string of the molecule is CCNC1CCC(N(C)CC2CCOC2)CC1. The Morgan fingerprint density at radius 1 is 1.18 bits per heavy atom. The van der Waals surface area contributed by atoms with Crippen LogP contribution < -0.4 is 5.32 Å². The quantitative estimate of drug-likeness (QED) is 0.794. The van der Waals surface area contributed by atoms with Crippen LogP contribution in [-0.2, 0) is 4.74 Å².